The molecule has 0 aromatic rings. The summed E-state index contributed by atoms with van der Waals surface area (Å²) < 4.78 is 51.4. The minimum atomic E-state index is -2.12. The molecule has 0 aromatic heterocycles. The number of nitrogens with one attached hydrogen (secondary N) is 1. The summed E-state index contributed by atoms with van der Waals surface area (Å²) in [6.07, 6.45) is -43.6. The van der Waals surface area contributed by atoms with Crippen LogP contribution >= 0.6 is 0 Å². The van der Waals surface area contributed by atoms with Gasteiger partial charge in [-0.3, -0.25) is 4.79 Å². The van der Waals surface area contributed by atoms with E-state index in [-0.39, 0.29) is 0 Å². The van der Waals surface area contributed by atoms with Gasteiger partial charge in [0.1, 0.15) is 116 Å². The van der Waals surface area contributed by atoms with E-state index in [0.717, 1.165) is 6.92 Å². The smallest absolute Gasteiger partial charge is 0.217 e. The van der Waals surface area contributed by atoms with Crippen molar-refractivity contribution in [1.82, 2.24) is 5.32 Å². The van der Waals surface area contributed by atoms with Gasteiger partial charge in [0.15, 0.2) is 31.5 Å². The molecule has 0 aromatic carbocycles. The Kier molecular flexibility index (Phi) is 16.5. The first kappa shape index (κ1) is 47.6. The van der Waals surface area contributed by atoms with E-state index in [0.29, 0.717) is 0 Å². The number of rotatable bonds is 13. The van der Waals surface area contributed by atoms with Crippen molar-refractivity contribution in [2.24, 2.45) is 0 Å². The molecule has 5 aliphatic rings. The van der Waals surface area contributed by atoms with Crippen molar-refractivity contribution in [3.8, 4) is 0 Å². The van der Waals surface area contributed by atoms with Gasteiger partial charge in [0.05, 0.1) is 32.5 Å². The van der Waals surface area contributed by atoms with Crippen molar-refractivity contribution in [1.29, 1.82) is 0 Å². The SMILES string of the molecule is CC(=O)N[C@H]1[C@H](O[C@H]2[C@@H](O)[C@@H](CO)O[C@@H](O[C@H]3[C@H](O)[C@@H](O)C(O)O[C@@H]3CO)[C@@H]2O)O[C@H](CO)[C@@H](O[C@@H]2O[C@H](CO)[C@H](O)[C@H](O)[C@H]2O)[C@@H]1O[C@H]1O[C@@H](C)[C@@H](O)[C@@H](O)[C@@H]1O. The average molecular weight is 854 g/mol. The number of hydrogen-bond acceptors (Lipinski definition) is 25. The molecule has 5 saturated heterocycles. The lowest BCUT2D eigenvalue weighted by atomic mass is 9.93. The second-order valence-corrected chi connectivity index (χ2v) is 14.7. The van der Waals surface area contributed by atoms with Gasteiger partial charge in [0.25, 0.3) is 0 Å². The molecule has 0 spiro atoms. The molecule has 5 rings (SSSR count). The van der Waals surface area contributed by atoms with Crippen molar-refractivity contribution in [2.45, 2.75) is 167 Å². The predicted octanol–water partition coefficient (Wildman–Crippen LogP) is -10.8. The van der Waals surface area contributed by atoms with Gasteiger partial charge in [0.2, 0.25) is 5.91 Å². The first-order valence-electron chi connectivity index (χ1n) is 18.5. The third-order valence-corrected chi connectivity index (χ3v) is 10.7. The molecule has 1 amide bonds. The lowest BCUT2D eigenvalue weighted by Crippen LogP contribution is -2.71. The molecule has 0 aliphatic carbocycles. The summed E-state index contributed by atoms with van der Waals surface area (Å²) in [6, 6.07) is -1.73. The fourth-order valence-corrected chi connectivity index (χ4v) is 7.37. The topological polar surface area (TPSA) is 416 Å². The summed E-state index contributed by atoms with van der Waals surface area (Å²) in [6.45, 7) is -1.36. The number of carbonyl (C=O) groups excluding carboxylic acids is 1. The summed E-state index contributed by atoms with van der Waals surface area (Å²) in [5, 5.41) is 159. The Balaban J connectivity index is 1.50. The molecule has 1 unspecified atom stereocenters. The van der Waals surface area contributed by atoms with Gasteiger partial charge in [-0.1, -0.05) is 0 Å². The Morgan fingerprint density at radius 3 is 1.47 bits per heavy atom. The van der Waals surface area contributed by atoms with Crippen LogP contribution < -0.4 is 5.32 Å². The van der Waals surface area contributed by atoms with Crippen LogP contribution in [0.25, 0.3) is 0 Å². The molecule has 26 heteroatoms. The number of aliphatic hydroxyl groups excluding tert-OH is 15. The minimum absolute atomic E-state index is 0.830. The summed E-state index contributed by atoms with van der Waals surface area (Å²) in [5.74, 6) is -0.830. The molecular formula is C32H55NO25. The molecule has 0 bridgehead atoms. The van der Waals surface area contributed by atoms with Crippen molar-refractivity contribution in [3.05, 3.63) is 0 Å². The second kappa shape index (κ2) is 20.1. The van der Waals surface area contributed by atoms with Crippen LogP contribution in [0.2, 0.25) is 0 Å². The highest BCUT2D eigenvalue weighted by atomic mass is 16.8. The number of carbonyl (C=O) groups is 1. The molecule has 26 nitrogen and oxygen atoms in total. The van der Waals surface area contributed by atoms with E-state index in [1.54, 1.807) is 0 Å². The largest absolute Gasteiger partial charge is 0.394 e. The monoisotopic (exact) mass is 853 g/mol. The van der Waals surface area contributed by atoms with E-state index >= 15 is 0 Å². The molecule has 5 aliphatic heterocycles. The first-order valence-corrected chi connectivity index (χ1v) is 18.5. The second-order valence-electron chi connectivity index (χ2n) is 14.7. The normalized spacial score (nSPS) is 51.6. The van der Waals surface area contributed by atoms with Gasteiger partial charge in [-0.15, -0.1) is 0 Å². The van der Waals surface area contributed by atoms with Crippen LogP contribution in [0.4, 0.5) is 0 Å². The number of ether oxygens (including phenoxy) is 9. The maximum absolute atomic E-state index is 12.8. The molecule has 25 atom stereocenters. The van der Waals surface area contributed by atoms with Crippen molar-refractivity contribution in [2.75, 3.05) is 26.4 Å². The van der Waals surface area contributed by atoms with Crippen LogP contribution in [0.15, 0.2) is 0 Å². The van der Waals surface area contributed by atoms with E-state index in [1.807, 2.05) is 0 Å². The fraction of sp³-hybridized carbons (Fsp3) is 0.969. The minimum Gasteiger partial charge on any atom is -0.394 e. The molecule has 16 N–H and O–H groups in total. The summed E-state index contributed by atoms with van der Waals surface area (Å²) in [7, 11) is 0. The zero-order valence-electron chi connectivity index (χ0n) is 31.1. The third kappa shape index (κ3) is 9.75. The molecular weight excluding hydrogens is 798 g/mol. The summed E-state index contributed by atoms with van der Waals surface area (Å²) in [4.78, 5) is 12.8. The summed E-state index contributed by atoms with van der Waals surface area (Å²) in [5.41, 5.74) is 0. The van der Waals surface area contributed by atoms with Crippen molar-refractivity contribution < 1.29 is 124 Å². The van der Waals surface area contributed by atoms with E-state index in [2.05, 4.69) is 5.32 Å². The van der Waals surface area contributed by atoms with Gasteiger partial charge >= 0.3 is 0 Å². The van der Waals surface area contributed by atoms with Crippen molar-refractivity contribution >= 4 is 5.91 Å². The van der Waals surface area contributed by atoms with Crippen LogP contribution in [0.5, 0.6) is 0 Å². The van der Waals surface area contributed by atoms with Gasteiger partial charge in [0, 0.05) is 6.92 Å². The van der Waals surface area contributed by atoms with Gasteiger partial charge in [-0.25, -0.2) is 0 Å². The Morgan fingerprint density at radius 1 is 0.448 bits per heavy atom. The standard InChI is InChI=1S/C32H55NO25/c1-7-14(39)17(42)21(46)30(50-7)57-26-13(33-8(2)38)29(54-12(6-37)25(26)56-31-22(47)18(43)15(40)9(3-34)52-31)58-27-16(41)10(4-35)53-32(23(27)48)55-24-11(5-36)51-28(49)20(45)19(24)44/h7,9-32,34-37,39-49H,3-6H2,1-2H3,(H,33,38)/t7-,9+,10+,11+,12+,13+,14+,15-,16-,17+,18-,19+,20+,21-,22+,23+,24+,25+,26+,27-,28?,29-,30+,31-,32-/m0/s1. The Labute approximate surface area is 329 Å². The molecule has 0 saturated carbocycles. The highest BCUT2D eigenvalue weighted by Gasteiger charge is 2.57. The number of aliphatic hydroxyl groups is 15. The number of amides is 1. The van der Waals surface area contributed by atoms with Gasteiger partial charge in [-0.05, 0) is 6.92 Å². The van der Waals surface area contributed by atoms with Gasteiger partial charge < -0.3 is 125 Å². The molecule has 0 radical (unpaired) electrons. The van der Waals surface area contributed by atoms with Crippen LogP contribution in [-0.4, -0.2) is 262 Å². The van der Waals surface area contributed by atoms with E-state index in [9.17, 15) is 81.4 Å². The quantitative estimate of drug-likeness (QED) is 0.0818. The van der Waals surface area contributed by atoms with Gasteiger partial charge in [-0.2, -0.15) is 0 Å². The predicted molar refractivity (Wildman–Crippen MR) is 177 cm³/mol. The van der Waals surface area contributed by atoms with Crippen molar-refractivity contribution in [3.63, 3.8) is 0 Å². The van der Waals surface area contributed by atoms with E-state index < -0.39 is 186 Å². The lowest BCUT2D eigenvalue weighted by Gasteiger charge is -2.51. The first-order chi connectivity index (χ1) is 27.4. The third-order valence-electron chi connectivity index (χ3n) is 10.7. The maximum Gasteiger partial charge on any atom is 0.217 e. The van der Waals surface area contributed by atoms with Crippen LogP contribution in [-0.2, 0) is 47.4 Å². The Morgan fingerprint density at radius 2 is 0.897 bits per heavy atom. The Bertz CT molecular complexity index is 1300. The zero-order valence-corrected chi connectivity index (χ0v) is 31.1. The maximum atomic E-state index is 12.8. The highest BCUT2D eigenvalue weighted by molar-refractivity contribution is 5.73. The van der Waals surface area contributed by atoms with Crippen LogP contribution in [0.3, 0.4) is 0 Å². The van der Waals surface area contributed by atoms with Crippen LogP contribution in [0.1, 0.15) is 13.8 Å². The number of hydrogen-bond donors (Lipinski definition) is 16. The van der Waals surface area contributed by atoms with E-state index in [1.165, 1.54) is 6.92 Å². The average Bonchev–Trinajstić information content (AvgIpc) is 3.19. The summed E-state index contributed by atoms with van der Waals surface area (Å²) >= 11 is 0. The Hall–Kier alpha value is -1.49. The van der Waals surface area contributed by atoms with E-state index in [4.69, 9.17) is 42.6 Å². The lowest BCUT2D eigenvalue weighted by molar-refractivity contribution is -0.391. The molecule has 5 fully saturated rings. The molecule has 58 heavy (non-hydrogen) atoms. The molecule has 338 valence electrons. The highest BCUT2D eigenvalue weighted by Crippen LogP contribution is 2.36. The van der Waals surface area contributed by atoms with Crippen LogP contribution in [0, 0.1) is 0 Å². The fourth-order valence-electron chi connectivity index (χ4n) is 7.37. The molecule has 5 heterocycles. The zero-order chi connectivity index (χ0) is 42.9.